The lowest BCUT2D eigenvalue weighted by molar-refractivity contribution is -0.142. The molecule has 3 amide bonds. The van der Waals surface area contributed by atoms with E-state index in [1.165, 1.54) is 0 Å². The van der Waals surface area contributed by atoms with E-state index < -0.39 is 17.5 Å². The molecule has 2 aliphatic rings. The van der Waals surface area contributed by atoms with Crippen LogP contribution < -0.4 is 10.1 Å². The molecule has 6 heteroatoms. The number of carbonyl (C=O) groups is 3. The van der Waals surface area contributed by atoms with Gasteiger partial charge in [-0.25, -0.2) is 9.59 Å². The number of esters is 1. The monoisotopic (exact) mass is 372 g/mol. The lowest BCUT2D eigenvalue weighted by Gasteiger charge is -2.43. The van der Waals surface area contributed by atoms with Crippen LogP contribution >= 0.6 is 0 Å². The third-order valence-corrected chi connectivity index (χ3v) is 5.47. The summed E-state index contributed by atoms with van der Waals surface area (Å²) in [5, 5.41) is 2.87. The third-order valence-electron chi connectivity index (χ3n) is 5.47. The van der Waals surface area contributed by atoms with Crippen LogP contribution in [0.1, 0.15) is 52.5 Å². The van der Waals surface area contributed by atoms with Crippen molar-refractivity contribution in [3.63, 3.8) is 0 Å². The van der Waals surface area contributed by atoms with Gasteiger partial charge in [0.15, 0.2) is 0 Å². The smallest absolute Gasteiger partial charge is 0.331 e. The number of urea groups is 1. The van der Waals surface area contributed by atoms with Gasteiger partial charge in [0.25, 0.3) is 5.91 Å². The number of nitrogens with one attached hydrogen (secondary N) is 1. The van der Waals surface area contributed by atoms with Gasteiger partial charge in [0.1, 0.15) is 17.8 Å². The number of amides is 3. The minimum absolute atomic E-state index is 0.0435. The maximum absolute atomic E-state index is 13.0. The molecule has 1 aromatic rings. The van der Waals surface area contributed by atoms with Gasteiger partial charge in [0.2, 0.25) is 0 Å². The predicted octanol–water partition coefficient (Wildman–Crippen LogP) is 3.29. The van der Waals surface area contributed by atoms with E-state index in [0.29, 0.717) is 24.5 Å². The van der Waals surface area contributed by atoms with E-state index >= 15 is 0 Å². The lowest BCUT2D eigenvalue weighted by atomic mass is 9.64. The summed E-state index contributed by atoms with van der Waals surface area (Å²) in [6.45, 7) is 7.99. The maximum Gasteiger partial charge on any atom is 0.331 e. The van der Waals surface area contributed by atoms with Crippen LogP contribution in [-0.2, 0) is 16.0 Å². The van der Waals surface area contributed by atoms with Crippen molar-refractivity contribution >= 4 is 17.9 Å². The summed E-state index contributed by atoms with van der Waals surface area (Å²) in [4.78, 5) is 38.7. The Balaban J connectivity index is 1.69. The van der Waals surface area contributed by atoms with Crippen LogP contribution in [0.4, 0.5) is 4.79 Å². The highest BCUT2D eigenvalue weighted by Gasteiger charge is 2.56. The molecule has 1 aliphatic carbocycles. The fourth-order valence-corrected chi connectivity index (χ4v) is 4.74. The van der Waals surface area contributed by atoms with Crippen molar-refractivity contribution in [1.29, 1.82) is 0 Å². The number of benzene rings is 1. The van der Waals surface area contributed by atoms with Crippen LogP contribution in [-0.4, -0.2) is 34.9 Å². The molecule has 1 aromatic carbocycles. The third kappa shape index (κ3) is 3.99. The molecule has 3 rings (SSSR count). The zero-order valence-corrected chi connectivity index (χ0v) is 16.5. The van der Waals surface area contributed by atoms with Gasteiger partial charge >= 0.3 is 12.0 Å². The summed E-state index contributed by atoms with van der Waals surface area (Å²) in [6, 6.07) is 6.70. The molecule has 6 nitrogen and oxygen atoms in total. The highest BCUT2D eigenvalue weighted by atomic mass is 16.5. The Hall–Kier alpha value is -2.37. The van der Waals surface area contributed by atoms with Crippen molar-refractivity contribution in [3.05, 3.63) is 29.8 Å². The van der Waals surface area contributed by atoms with Crippen molar-refractivity contribution in [1.82, 2.24) is 10.2 Å². The summed E-state index contributed by atoms with van der Waals surface area (Å²) in [5.41, 5.74) is 0.194. The topological polar surface area (TPSA) is 75.7 Å². The SMILES string of the molecule is CCc1ccc(OC(=O)CN2C(=O)NC3(CC(C)CC(C)(C)C3)C2=O)cc1. The van der Waals surface area contributed by atoms with E-state index in [2.05, 4.69) is 26.1 Å². The van der Waals surface area contributed by atoms with E-state index in [0.717, 1.165) is 23.3 Å². The van der Waals surface area contributed by atoms with Crippen LogP contribution in [0.5, 0.6) is 5.75 Å². The highest BCUT2D eigenvalue weighted by molar-refractivity contribution is 6.08. The fraction of sp³-hybridized carbons (Fsp3) is 0.571. The maximum atomic E-state index is 13.0. The van der Waals surface area contributed by atoms with Gasteiger partial charge in [0, 0.05) is 0 Å². The summed E-state index contributed by atoms with van der Waals surface area (Å²) < 4.78 is 5.30. The predicted molar refractivity (Wildman–Crippen MR) is 101 cm³/mol. The molecule has 1 aliphatic heterocycles. The number of aryl methyl sites for hydroxylation is 1. The van der Waals surface area contributed by atoms with E-state index in [9.17, 15) is 14.4 Å². The molecular formula is C21H28N2O4. The molecule has 0 bridgehead atoms. The first kappa shape index (κ1) is 19.4. The Kier molecular flexibility index (Phi) is 5.02. The number of carbonyl (C=O) groups excluding carboxylic acids is 3. The molecule has 2 fully saturated rings. The second-order valence-electron chi connectivity index (χ2n) is 8.73. The van der Waals surface area contributed by atoms with Crippen molar-refractivity contribution < 1.29 is 19.1 Å². The van der Waals surface area contributed by atoms with Crippen molar-refractivity contribution in [2.45, 2.75) is 58.9 Å². The zero-order valence-electron chi connectivity index (χ0n) is 16.5. The Morgan fingerprint density at radius 2 is 1.89 bits per heavy atom. The molecule has 2 unspecified atom stereocenters. The van der Waals surface area contributed by atoms with Crippen LogP contribution in [0.15, 0.2) is 24.3 Å². The largest absolute Gasteiger partial charge is 0.425 e. The van der Waals surface area contributed by atoms with E-state index in [1.807, 2.05) is 19.1 Å². The molecule has 0 radical (unpaired) electrons. The Bertz CT molecular complexity index is 756. The van der Waals surface area contributed by atoms with Crippen LogP contribution in [0.3, 0.4) is 0 Å². The molecule has 1 saturated carbocycles. The molecule has 0 aromatic heterocycles. The van der Waals surface area contributed by atoms with E-state index in [4.69, 9.17) is 4.74 Å². The first-order chi connectivity index (χ1) is 12.6. The Morgan fingerprint density at radius 3 is 2.48 bits per heavy atom. The number of ether oxygens (including phenoxy) is 1. The molecule has 1 heterocycles. The van der Waals surface area contributed by atoms with Crippen molar-refractivity contribution in [2.75, 3.05) is 6.54 Å². The second kappa shape index (κ2) is 6.98. The number of hydrogen-bond donors (Lipinski definition) is 1. The summed E-state index contributed by atoms with van der Waals surface area (Å²) >= 11 is 0. The van der Waals surface area contributed by atoms with Gasteiger partial charge in [-0.15, -0.1) is 0 Å². The molecule has 1 N–H and O–H groups in total. The van der Waals surface area contributed by atoms with Gasteiger partial charge in [-0.3, -0.25) is 9.69 Å². The number of rotatable bonds is 4. The van der Waals surface area contributed by atoms with Crippen LogP contribution in [0.25, 0.3) is 0 Å². The number of hydrogen-bond acceptors (Lipinski definition) is 4. The molecular weight excluding hydrogens is 344 g/mol. The van der Waals surface area contributed by atoms with Gasteiger partial charge in [-0.2, -0.15) is 0 Å². The minimum atomic E-state index is -0.901. The van der Waals surface area contributed by atoms with Crippen molar-refractivity contribution in [3.8, 4) is 5.75 Å². The normalized spacial score (nSPS) is 27.0. The van der Waals surface area contributed by atoms with Gasteiger partial charge < -0.3 is 10.1 Å². The summed E-state index contributed by atoms with van der Waals surface area (Å²) in [5.74, 6) is -0.207. The highest BCUT2D eigenvalue weighted by Crippen LogP contribution is 2.46. The van der Waals surface area contributed by atoms with E-state index in [-0.39, 0.29) is 17.9 Å². The first-order valence-electron chi connectivity index (χ1n) is 9.58. The van der Waals surface area contributed by atoms with Crippen LogP contribution in [0.2, 0.25) is 0 Å². The number of nitrogens with zero attached hydrogens (tertiary/aromatic N) is 1. The van der Waals surface area contributed by atoms with Crippen molar-refractivity contribution in [2.24, 2.45) is 11.3 Å². The quantitative estimate of drug-likeness (QED) is 0.500. The van der Waals surface area contributed by atoms with Gasteiger partial charge in [0.05, 0.1) is 0 Å². The standard InChI is InChI=1S/C21H28N2O4/c1-5-15-6-8-16(9-7-15)27-17(24)12-23-18(25)21(22-19(23)26)11-14(2)10-20(3,4)13-21/h6-9,14H,5,10-13H2,1-4H3,(H,22,26). The van der Waals surface area contributed by atoms with E-state index in [1.54, 1.807) is 12.1 Å². The molecule has 2 atom stereocenters. The summed E-state index contributed by atoms with van der Waals surface area (Å²) in [7, 11) is 0. The Morgan fingerprint density at radius 1 is 1.22 bits per heavy atom. The average Bonchev–Trinajstić information content (AvgIpc) is 2.77. The average molecular weight is 372 g/mol. The first-order valence-corrected chi connectivity index (χ1v) is 9.58. The Labute approximate surface area is 160 Å². The molecule has 27 heavy (non-hydrogen) atoms. The molecule has 146 valence electrons. The molecule has 1 saturated heterocycles. The van der Waals surface area contributed by atoms with Gasteiger partial charge in [-0.1, -0.05) is 39.8 Å². The lowest BCUT2D eigenvalue weighted by Crippen LogP contribution is -2.54. The number of imide groups is 1. The second-order valence-corrected chi connectivity index (χ2v) is 8.73. The molecule has 1 spiro atoms. The fourth-order valence-electron chi connectivity index (χ4n) is 4.74. The minimum Gasteiger partial charge on any atom is -0.425 e. The van der Waals surface area contributed by atoms with Crippen LogP contribution in [0, 0.1) is 11.3 Å². The summed E-state index contributed by atoms with van der Waals surface area (Å²) in [6.07, 6.45) is 3.09. The van der Waals surface area contributed by atoms with Gasteiger partial charge in [-0.05, 0) is 54.7 Å². The zero-order chi connectivity index (χ0) is 19.8.